The van der Waals surface area contributed by atoms with Crippen LogP contribution in [0.5, 0.6) is 0 Å². The molecule has 16 heavy (non-hydrogen) atoms. The van der Waals surface area contributed by atoms with Gasteiger partial charge < -0.3 is 5.32 Å². The zero-order chi connectivity index (χ0) is 11.7. The lowest BCUT2D eigenvalue weighted by Gasteiger charge is -2.09. The second-order valence-electron chi connectivity index (χ2n) is 3.77. The van der Waals surface area contributed by atoms with E-state index in [1.165, 1.54) is 11.3 Å². The summed E-state index contributed by atoms with van der Waals surface area (Å²) in [5.41, 5.74) is 3.26. The van der Waals surface area contributed by atoms with Gasteiger partial charge in [0.05, 0.1) is 5.56 Å². The van der Waals surface area contributed by atoms with Gasteiger partial charge in [0, 0.05) is 18.5 Å². The molecule has 1 aromatic heterocycles. The normalized spacial score (nSPS) is 20.9. The van der Waals surface area contributed by atoms with Crippen molar-refractivity contribution in [2.45, 2.75) is 13.0 Å². The highest BCUT2D eigenvalue weighted by Crippen LogP contribution is 2.15. The van der Waals surface area contributed by atoms with Crippen LogP contribution in [0.15, 0.2) is 11.4 Å². The molecule has 1 fully saturated rings. The number of nitrogens with one attached hydrogen (secondary N) is 2. The number of hydrazine groups is 1. The molecule has 1 unspecified atom stereocenters. The number of amides is 2. The number of hydrogen-bond acceptors (Lipinski definition) is 4. The molecule has 1 aliphatic heterocycles. The molecular formula is C10H13N3O2S. The molecule has 2 amide bonds. The summed E-state index contributed by atoms with van der Waals surface area (Å²) in [6.45, 7) is 2.38. The van der Waals surface area contributed by atoms with Gasteiger partial charge in [-0.05, 0) is 18.4 Å². The van der Waals surface area contributed by atoms with Gasteiger partial charge in [-0.3, -0.25) is 15.0 Å². The third-order valence-electron chi connectivity index (χ3n) is 2.48. The number of likely N-dealkylation sites (N-methyl/N-ethyl adjacent to an activating group) is 1. The van der Waals surface area contributed by atoms with Gasteiger partial charge in [0.15, 0.2) is 0 Å². The second kappa shape index (κ2) is 4.23. The Balaban J connectivity index is 2.03. The summed E-state index contributed by atoms with van der Waals surface area (Å²) in [5.74, 6) is -0.349. The summed E-state index contributed by atoms with van der Waals surface area (Å²) in [7, 11) is 1.76. The van der Waals surface area contributed by atoms with Crippen molar-refractivity contribution >= 4 is 23.2 Å². The first-order valence-electron chi connectivity index (χ1n) is 4.94. The van der Waals surface area contributed by atoms with Crippen molar-refractivity contribution < 1.29 is 9.59 Å². The quantitative estimate of drug-likeness (QED) is 0.771. The van der Waals surface area contributed by atoms with Crippen molar-refractivity contribution in [1.29, 1.82) is 0 Å². The zero-order valence-corrected chi connectivity index (χ0v) is 9.93. The monoisotopic (exact) mass is 239 g/mol. The van der Waals surface area contributed by atoms with Crippen molar-refractivity contribution in [3.8, 4) is 0 Å². The third-order valence-corrected chi connectivity index (χ3v) is 3.33. The van der Waals surface area contributed by atoms with E-state index in [2.05, 4.69) is 10.7 Å². The van der Waals surface area contributed by atoms with E-state index in [-0.39, 0.29) is 11.8 Å². The number of carbonyl (C=O) groups excluding carboxylic acids is 2. The Labute approximate surface area is 97.4 Å². The predicted octanol–water partition coefficient (Wildman–Crippen LogP) is 0.132. The van der Waals surface area contributed by atoms with E-state index in [9.17, 15) is 9.59 Å². The highest BCUT2D eigenvalue weighted by atomic mass is 32.1. The Kier molecular flexibility index (Phi) is 2.93. The smallest absolute Gasteiger partial charge is 0.258 e. The summed E-state index contributed by atoms with van der Waals surface area (Å²) in [6.07, 6.45) is 0. The van der Waals surface area contributed by atoms with E-state index in [1.807, 2.05) is 12.3 Å². The number of rotatable bonds is 2. The van der Waals surface area contributed by atoms with E-state index in [0.717, 1.165) is 4.88 Å². The second-order valence-corrected chi connectivity index (χ2v) is 4.89. The Morgan fingerprint density at radius 1 is 1.69 bits per heavy atom. The van der Waals surface area contributed by atoms with Gasteiger partial charge in [-0.1, -0.05) is 0 Å². The van der Waals surface area contributed by atoms with Crippen LogP contribution in [-0.2, 0) is 4.79 Å². The molecule has 1 atom stereocenters. The van der Waals surface area contributed by atoms with E-state index in [0.29, 0.717) is 12.1 Å². The highest BCUT2D eigenvalue weighted by molar-refractivity contribution is 7.10. The van der Waals surface area contributed by atoms with Gasteiger partial charge in [-0.25, -0.2) is 5.01 Å². The van der Waals surface area contributed by atoms with Gasteiger partial charge >= 0.3 is 0 Å². The molecule has 1 aromatic rings. The summed E-state index contributed by atoms with van der Waals surface area (Å²) in [5, 5.41) is 6.24. The zero-order valence-electron chi connectivity index (χ0n) is 9.11. The third kappa shape index (κ3) is 2.07. The molecular weight excluding hydrogens is 226 g/mol. The predicted molar refractivity (Wildman–Crippen MR) is 61.1 cm³/mol. The number of carbonyl (C=O) groups is 2. The maximum atomic E-state index is 11.8. The van der Waals surface area contributed by atoms with E-state index in [1.54, 1.807) is 18.1 Å². The molecule has 0 aromatic carbocycles. The molecule has 2 rings (SSSR count). The summed E-state index contributed by atoms with van der Waals surface area (Å²) in [4.78, 5) is 24.2. The molecule has 1 aliphatic rings. The maximum Gasteiger partial charge on any atom is 0.258 e. The lowest BCUT2D eigenvalue weighted by Crippen LogP contribution is -2.41. The standard InChI is InChI=1S/C10H13N3O2S/c1-6-7(3-4-16-6)9(14)11-8-5-13(2)12-10(8)15/h3-4,8H,5H2,1-2H3,(H,11,14)(H,12,15). The molecule has 0 spiro atoms. The van der Waals surface area contributed by atoms with Gasteiger partial charge in [0.2, 0.25) is 0 Å². The van der Waals surface area contributed by atoms with Crippen LogP contribution in [0, 0.1) is 6.92 Å². The molecule has 2 N–H and O–H groups in total. The minimum atomic E-state index is -0.461. The van der Waals surface area contributed by atoms with Crippen LogP contribution in [0.3, 0.4) is 0 Å². The van der Waals surface area contributed by atoms with Crippen LogP contribution in [0.4, 0.5) is 0 Å². The molecule has 5 nitrogen and oxygen atoms in total. The van der Waals surface area contributed by atoms with Crippen LogP contribution >= 0.6 is 11.3 Å². The lowest BCUT2D eigenvalue weighted by atomic mass is 10.2. The summed E-state index contributed by atoms with van der Waals surface area (Å²) in [6, 6.07) is 1.31. The van der Waals surface area contributed by atoms with Gasteiger partial charge in [0.1, 0.15) is 6.04 Å². The van der Waals surface area contributed by atoms with Crippen molar-refractivity contribution in [3.63, 3.8) is 0 Å². The van der Waals surface area contributed by atoms with Crippen LogP contribution in [0.2, 0.25) is 0 Å². The van der Waals surface area contributed by atoms with Crippen LogP contribution < -0.4 is 10.7 Å². The Morgan fingerprint density at radius 3 is 2.94 bits per heavy atom. The van der Waals surface area contributed by atoms with Crippen LogP contribution in [-0.4, -0.2) is 36.5 Å². The minimum Gasteiger partial charge on any atom is -0.339 e. The fourth-order valence-corrected chi connectivity index (χ4v) is 2.33. The molecule has 0 saturated carbocycles. The molecule has 86 valence electrons. The molecule has 2 heterocycles. The SMILES string of the molecule is Cc1sccc1C(=O)NC1CN(C)NC1=O. The van der Waals surface area contributed by atoms with Crippen molar-refractivity contribution in [3.05, 3.63) is 21.9 Å². The largest absolute Gasteiger partial charge is 0.339 e. The Bertz CT molecular complexity index is 429. The summed E-state index contributed by atoms with van der Waals surface area (Å²) < 4.78 is 0. The van der Waals surface area contributed by atoms with Crippen LogP contribution in [0.1, 0.15) is 15.2 Å². The Hall–Kier alpha value is -1.40. The number of hydrogen-bond donors (Lipinski definition) is 2. The number of thiophene rings is 1. The average Bonchev–Trinajstić information content (AvgIpc) is 2.74. The molecule has 0 bridgehead atoms. The lowest BCUT2D eigenvalue weighted by molar-refractivity contribution is -0.122. The fraction of sp³-hybridized carbons (Fsp3) is 0.400. The topological polar surface area (TPSA) is 61.4 Å². The Morgan fingerprint density at radius 2 is 2.44 bits per heavy atom. The fourth-order valence-electron chi connectivity index (χ4n) is 1.64. The van der Waals surface area contributed by atoms with Crippen molar-refractivity contribution in [2.24, 2.45) is 0 Å². The maximum absolute atomic E-state index is 11.8. The van der Waals surface area contributed by atoms with Crippen molar-refractivity contribution in [1.82, 2.24) is 15.8 Å². The van der Waals surface area contributed by atoms with Gasteiger partial charge in [0.25, 0.3) is 11.8 Å². The highest BCUT2D eigenvalue weighted by Gasteiger charge is 2.29. The van der Waals surface area contributed by atoms with Gasteiger partial charge in [-0.15, -0.1) is 11.3 Å². The molecule has 0 radical (unpaired) electrons. The molecule has 6 heteroatoms. The first-order chi connectivity index (χ1) is 7.58. The number of nitrogens with zero attached hydrogens (tertiary/aromatic N) is 1. The summed E-state index contributed by atoms with van der Waals surface area (Å²) >= 11 is 1.52. The first-order valence-corrected chi connectivity index (χ1v) is 5.82. The van der Waals surface area contributed by atoms with E-state index >= 15 is 0 Å². The van der Waals surface area contributed by atoms with Crippen LogP contribution in [0.25, 0.3) is 0 Å². The van der Waals surface area contributed by atoms with E-state index < -0.39 is 6.04 Å². The van der Waals surface area contributed by atoms with Crippen molar-refractivity contribution in [2.75, 3.05) is 13.6 Å². The number of aryl methyl sites for hydroxylation is 1. The average molecular weight is 239 g/mol. The minimum absolute atomic E-state index is 0.163. The first kappa shape index (κ1) is 11.1. The van der Waals surface area contributed by atoms with E-state index in [4.69, 9.17) is 0 Å². The van der Waals surface area contributed by atoms with Gasteiger partial charge in [-0.2, -0.15) is 0 Å². The molecule has 1 saturated heterocycles. The molecule has 0 aliphatic carbocycles.